The molecule has 0 aliphatic carbocycles. The van der Waals surface area contributed by atoms with E-state index in [-0.39, 0.29) is 17.1 Å². The maximum atomic E-state index is 14.2. The predicted molar refractivity (Wildman–Crippen MR) is 98.0 cm³/mol. The van der Waals surface area contributed by atoms with E-state index in [0.717, 1.165) is 4.88 Å². The lowest BCUT2D eigenvalue weighted by Crippen LogP contribution is -2.02. The molecule has 1 aromatic carbocycles. The summed E-state index contributed by atoms with van der Waals surface area (Å²) in [4.78, 5) is 22.5. The van der Waals surface area contributed by atoms with Crippen LogP contribution in [0.5, 0.6) is 5.75 Å². The van der Waals surface area contributed by atoms with Gasteiger partial charge in [-0.2, -0.15) is 0 Å². The number of halogens is 1. The van der Waals surface area contributed by atoms with Crippen LogP contribution in [0.2, 0.25) is 0 Å². The SMILES string of the molecule is COc1cc(F)c2nc(C)nc(SCC(=O)c3ccc(CN)s3)c2c1. The summed E-state index contributed by atoms with van der Waals surface area (Å²) in [6, 6.07) is 6.60. The van der Waals surface area contributed by atoms with E-state index in [0.29, 0.717) is 33.4 Å². The molecule has 0 saturated carbocycles. The number of ether oxygens (including phenoxy) is 1. The average Bonchev–Trinajstić information content (AvgIpc) is 3.09. The molecule has 0 unspecified atom stereocenters. The lowest BCUT2D eigenvalue weighted by atomic mass is 10.2. The molecule has 130 valence electrons. The number of nitrogens with zero attached hydrogens (tertiary/aromatic N) is 2. The number of hydrogen-bond acceptors (Lipinski definition) is 7. The van der Waals surface area contributed by atoms with Gasteiger partial charge in [0.1, 0.15) is 22.1 Å². The van der Waals surface area contributed by atoms with Crippen molar-refractivity contribution in [2.75, 3.05) is 12.9 Å². The minimum absolute atomic E-state index is 0.0116. The highest BCUT2D eigenvalue weighted by atomic mass is 32.2. The van der Waals surface area contributed by atoms with E-state index in [4.69, 9.17) is 10.5 Å². The van der Waals surface area contributed by atoms with E-state index >= 15 is 0 Å². The first kappa shape index (κ1) is 17.8. The van der Waals surface area contributed by atoms with E-state index in [1.54, 1.807) is 19.1 Å². The average molecular weight is 377 g/mol. The van der Waals surface area contributed by atoms with Crippen LogP contribution in [0, 0.1) is 12.7 Å². The van der Waals surface area contributed by atoms with Crippen LogP contribution in [0.3, 0.4) is 0 Å². The van der Waals surface area contributed by atoms with Crippen LogP contribution in [0.15, 0.2) is 29.3 Å². The number of methoxy groups -OCH3 is 1. The van der Waals surface area contributed by atoms with Crippen molar-refractivity contribution in [3.8, 4) is 5.75 Å². The van der Waals surface area contributed by atoms with Crippen LogP contribution in [0.1, 0.15) is 20.4 Å². The van der Waals surface area contributed by atoms with E-state index in [9.17, 15) is 9.18 Å². The minimum atomic E-state index is -0.473. The summed E-state index contributed by atoms with van der Waals surface area (Å²) in [5, 5.41) is 1.10. The van der Waals surface area contributed by atoms with Gasteiger partial charge in [0, 0.05) is 22.9 Å². The number of ketones is 1. The first-order valence-electron chi connectivity index (χ1n) is 7.48. The first-order chi connectivity index (χ1) is 12.0. The van der Waals surface area contributed by atoms with Gasteiger partial charge in [-0.1, -0.05) is 11.8 Å². The van der Waals surface area contributed by atoms with Gasteiger partial charge in [0.2, 0.25) is 0 Å². The van der Waals surface area contributed by atoms with Gasteiger partial charge in [-0.25, -0.2) is 14.4 Å². The summed E-state index contributed by atoms with van der Waals surface area (Å²) in [5.41, 5.74) is 5.80. The molecular formula is C17H16FN3O2S2. The molecule has 5 nitrogen and oxygen atoms in total. The fourth-order valence-electron chi connectivity index (χ4n) is 2.32. The first-order valence-corrected chi connectivity index (χ1v) is 9.28. The minimum Gasteiger partial charge on any atom is -0.497 e. The van der Waals surface area contributed by atoms with Gasteiger partial charge in [0.05, 0.1) is 17.7 Å². The Bertz CT molecular complexity index is 943. The number of hydrogen-bond donors (Lipinski definition) is 1. The highest BCUT2D eigenvalue weighted by Gasteiger charge is 2.15. The number of carbonyl (C=O) groups excluding carboxylic acids is 1. The maximum absolute atomic E-state index is 14.2. The van der Waals surface area contributed by atoms with Gasteiger partial charge in [0.15, 0.2) is 11.6 Å². The molecule has 0 amide bonds. The lowest BCUT2D eigenvalue weighted by molar-refractivity contribution is 0.102. The van der Waals surface area contributed by atoms with Gasteiger partial charge in [-0.3, -0.25) is 4.79 Å². The second-order valence-electron chi connectivity index (χ2n) is 5.26. The van der Waals surface area contributed by atoms with Crippen molar-refractivity contribution in [2.45, 2.75) is 18.5 Å². The van der Waals surface area contributed by atoms with E-state index < -0.39 is 5.82 Å². The molecule has 3 rings (SSSR count). The summed E-state index contributed by atoms with van der Waals surface area (Å²) >= 11 is 2.66. The molecule has 0 bridgehead atoms. The largest absolute Gasteiger partial charge is 0.497 e. The normalized spacial score (nSPS) is 11.0. The zero-order valence-corrected chi connectivity index (χ0v) is 15.3. The Labute approximate surface area is 152 Å². The Kier molecular flexibility index (Phi) is 5.31. The molecule has 2 aromatic heterocycles. The van der Waals surface area contributed by atoms with Crippen molar-refractivity contribution in [2.24, 2.45) is 5.73 Å². The van der Waals surface area contributed by atoms with Gasteiger partial charge in [-0.05, 0) is 25.1 Å². The van der Waals surface area contributed by atoms with Crippen molar-refractivity contribution in [1.82, 2.24) is 9.97 Å². The molecule has 0 aliphatic heterocycles. The molecule has 0 spiro atoms. The van der Waals surface area contributed by atoms with Crippen molar-refractivity contribution >= 4 is 39.8 Å². The molecule has 0 fully saturated rings. The number of rotatable bonds is 6. The highest BCUT2D eigenvalue weighted by Crippen LogP contribution is 2.31. The maximum Gasteiger partial charge on any atom is 0.183 e. The quantitative estimate of drug-likeness (QED) is 0.402. The number of aryl methyl sites for hydroxylation is 1. The Hall–Kier alpha value is -2.03. The molecule has 0 saturated heterocycles. The third-order valence-corrected chi connectivity index (χ3v) is 5.66. The topological polar surface area (TPSA) is 78.1 Å². The van der Waals surface area contributed by atoms with Crippen LogP contribution in [0.4, 0.5) is 4.39 Å². The van der Waals surface area contributed by atoms with Crippen molar-refractivity contribution in [3.63, 3.8) is 0 Å². The molecule has 0 aliphatic rings. The number of aromatic nitrogens is 2. The molecule has 0 radical (unpaired) electrons. The van der Waals surface area contributed by atoms with Gasteiger partial charge >= 0.3 is 0 Å². The van der Waals surface area contributed by atoms with Crippen molar-refractivity contribution in [3.05, 3.63) is 45.7 Å². The highest BCUT2D eigenvalue weighted by molar-refractivity contribution is 8.00. The Morgan fingerprint density at radius 3 is 2.84 bits per heavy atom. The third kappa shape index (κ3) is 3.81. The van der Waals surface area contributed by atoms with Gasteiger partial charge in [-0.15, -0.1) is 11.3 Å². The number of thiophene rings is 1. The standard InChI is InChI=1S/C17H16FN3O2S2/c1-9-20-16-12(5-10(23-2)6-13(16)18)17(21-9)24-8-14(22)15-4-3-11(7-19)25-15/h3-6H,7-8,19H2,1-2H3. The number of benzene rings is 1. The number of nitrogens with two attached hydrogens (primary N) is 1. The Morgan fingerprint density at radius 2 is 2.16 bits per heavy atom. The second-order valence-corrected chi connectivity index (χ2v) is 7.40. The molecule has 0 atom stereocenters. The number of thioether (sulfide) groups is 1. The summed E-state index contributed by atoms with van der Waals surface area (Å²) in [6.07, 6.45) is 0. The Morgan fingerprint density at radius 1 is 1.36 bits per heavy atom. The predicted octanol–water partition coefficient (Wildman–Crippen LogP) is 3.58. The van der Waals surface area contributed by atoms with E-state index in [1.165, 1.54) is 36.3 Å². The molecule has 25 heavy (non-hydrogen) atoms. The fraction of sp³-hybridized carbons (Fsp3) is 0.235. The summed E-state index contributed by atoms with van der Waals surface area (Å²) in [6.45, 7) is 2.11. The van der Waals surface area contributed by atoms with Crippen molar-refractivity contribution < 1.29 is 13.9 Å². The van der Waals surface area contributed by atoms with Crippen LogP contribution >= 0.6 is 23.1 Å². The summed E-state index contributed by atoms with van der Waals surface area (Å²) in [5.74, 6) is 0.556. The Balaban J connectivity index is 1.90. The van der Waals surface area contributed by atoms with E-state index in [2.05, 4.69) is 9.97 Å². The van der Waals surface area contributed by atoms with Crippen LogP contribution in [-0.2, 0) is 6.54 Å². The fourth-order valence-corrected chi connectivity index (χ4v) is 4.16. The molecule has 8 heteroatoms. The van der Waals surface area contributed by atoms with Crippen molar-refractivity contribution in [1.29, 1.82) is 0 Å². The number of fused-ring (bicyclic) bond motifs is 1. The zero-order valence-electron chi connectivity index (χ0n) is 13.7. The molecule has 2 N–H and O–H groups in total. The number of Topliss-reactive ketones (excluding diaryl/α,β-unsaturated/α-hetero) is 1. The lowest BCUT2D eigenvalue weighted by Gasteiger charge is -2.09. The molecule has 3 aromatic rings. The van der Waals surface area contributed by atoms with Gasteiger partial charge < -0.3 is 10.5 Å². The van der Waals surface area contributed by atoms with Crippen LogP contribution in [-0.4, -0.2) is 28.6 Å². The zero-order chi connectivity index (χ0) is 18.0. The molecular weight excluding hydrogens is 361 g/mol. The van der Waals surface area contributed by atoms with Crippen LogP contribution < -0.4 is 10.5 Å². The third-order valence-electron chi connectivity index (χ3n) is 3.52. The monoisotopic (exact) mass is 377 g/mol. The second kappa shape index (κ2) is 7.47. The number of carbonyl (C=O) groups is 1. The molecule has 2 heterocycles. The van der Waals surface area contributed by atoms with Crippen LogP contribution in [0.25, 0.3) is 10.9 Å². The smallest absolute Gasteiger partial charge is 0.183 e. The summed E-state index contributed by atoms with van der Waals surface area (Å²) < 4.78 is 19.4. The summed E-state index contributed by atoms with van der Waals surface area (Å²) in [7, 11) is 1.47. The van der Waals surface area contributed by atoms with E-state index in [1.807, 2.05) is 6.07 Å². The van der Waals surface area contributed by atoms with Gasteiger partial charge in [0.25, 0.3) is 0 Å².